The van der Waals surface area contributed by atoms with Gasteiger partial charge in [-0.1, -0.05) is 40.5 Å². The zero-order valence-electron chi connectivity index (χ0n) is 13.0. The summed E-state index contributed by atoms with van der Waals surface area (Å²) in [5.41, 5.74) is -0.286. The lowest BCUT2D eigenvalue weighted by Crippen LogP contribution is -2.55. The summed E-state index contributed by atoms with van der Waals surface area (Å²) in [7, 11) is 0. The summed E-state index contributed by atoms with van der Waals surface area (Å²) in [6.45, 7) is 10.4. The van der Waals surface area contributed by atoms with Crippen LogP contribution in [-0.4, -0.2) is 12.1 Å². The molecule has 0 spiro atoms. The van der Waals surface area contributed by atoms with Crippen molar-refractivity contribution < 1.29 is 9.59 Å². The fraction of sp³-hybridized carbons (Fsp3) is 0.882. The van der Waals surface area contributed by atoms with Crippen LogP contribution in [0.3, 0.4) is 0 Å². The third-order valence-electron chi connectivity index (χ3n) is 6.25. The van der Waals surface area contributed by atoms with E-state index in [0.717, 1.165) is 12.7 Å². The number of aldehydes is 1. The van der Waals surface area contributed by atoms with E-state index in [4.69, 9.17) is 0 Å². The van der Waals surface area contributed by atoms with Crippen LogP contribution in [0, 0.1) is 34.5 Å². The average molecular weight is 264 g/mol. The molecule has 2 saturated carbocycles. The van der Waals surface area contributed by atoms with E-state index in [9.17, 15) is 9.59 Å². The summed E-state index contributed by atoms with van der Waals surface area (Å²) in [6.07, 6.45) is 5.86. The highest BCUT2D eigenvalue weighted by atomic mass is 16.1. The van der Waals surface area contributed by atoms with Gasteiger partial charge in [0.25, 0.3) is 0 Å². The number of rotatable bonds is 2. The minimum absolute atomic E-state index is 0.0888. The predicted octanol–water partition coefficient (Wildman–Crippen LogP) is 3.88. The Morgan fingerprint density at radius 3 is 2.42 bits per heavy atom. The summed E-state index contributed by atoms with van der Waals surface area (Å²) < 4.78 is 0. The van der Waals surface area contributed by atoms with Crippen LogP contribution in [-0.2, 0) is 9.59 Å². The fourth-order valence-electron chi connectivity index (χ4n) is 5.07. The molecule has 0 amide bonds. The van der Waals surface area contributed by atoms with Crippen molar-refractivity contribution in [3.8, 4) is 0 Å². The number of carbonyl (C=O) groups excluding carboxylic acids is 2. The van der Waals surface area contributed by atoms with Gasteiger partial charge >= 0.3 is 0 Å². The molecule has 0 heterocycles. The molecule has 108 valence electrons. The summed E-state index contributed by atoms with van der Waals surface area (Å²) in [5.74, 6) is 1.44. The number of fused-ring (bicyclic) bond motifs is 1. The molecule has 0 aromatic heterocycles. The first-order valence-electron chi connectivity index (χ1n) is 7.71. The van der Waals surface area contributed by atoms with Crippen molar-refractivity contribution in [3.05, 3.63) is 0 Å². The van der Waals surface area contributed by atoms with Crippen LogP contribution in [0.4, 0.5) is 0 Å². The SMILES string of the molecule is CC(=O)C1C2C(CCCC2(C)C)CC(C)C1(C)C=O. The molecule has 0 saturated heterocycles. The molecule has 0 aliphatic heterocycles. The lowest BCUT2D eigenvalue weighted by Gasteiger charge is -2.57. The van der Waals surface area contributed by atoms with Gasteiger partial charge in [-0.2, -0.15) is 0 Å². The molecule has 2 fully saturated rings. The van der Waals surface area contributed by atoms with Crippen LogP contribution < -0.4 is 0 Å². The Hall–Kier alpha value is -0.660. The number of Topliss-reactive ketones (excluding diaryl/α,β-unsaturated/α-hetero) is 1. The third-order valence-corrected chi connectivity index (χ3v) is 6.25. The molecule has 0 N–H and O–H groups in total. The van der Waals surface area contributed by atoms with Gasteiger partial charge in [0, 0.05) is 11.3 Å². The van der Waals surface area contributed by atoms with Crippen LogP contribution in [0.5, 0.6) is 0 Å². The number of carbonyl (C=O) groups is 2. The minimum Gasteiger partial charge on any atom is -0.303 e. The first-order valence-corrected chi connectivity index (χ1v) is 7.71. The lowest BCUT2D eigenvalue weighted by atomic mass is 9.46. The second-order valence-corrected chi connectivity index (χ2v) is 7.88. The van der Waals surface area contributed by atoms with Gasteiger partial charge in [-0.05, 0) is 42.9 Å². The van der Waals surface area contributed by atoms with Gasteiger partial charge in [0.15, 0.2) is 0 Å². The van der Waals surface area contributed by atoms with Crippen molar-refractivity contribution >= 4 is 12.1 Å². The van der Waals surface area contributed by atoms with E-state index < -0.39 is 5.41 Å². The molecule has 2 nitrogen and oxygen atoms in total. The van der Waals surface area contributed by atoms with Crippen molar-refractivity contribution in [3.63, 3.8) is 0 Å². The van der Waals surface area contributed by atoms with E-state index in [1.165, 1.54) is 19.3 Å². The average Bonchev–Trinajstić information content (AvgIpc) is 2.30. The fourth-order valence-corrected chi connectivity index (χ4v) is 5.07. The maximum absolute atomic E-state index is 12.3. The molecule has 0 aromatic rings. The molecule has 2 aliphatic rings. The van der Waals surface area contributed by atoms with E-state index >= 15 is 0 Å². The zero-order valence-corrected chi connectivity index (χ0v) is 13.0. The van der Waals surface area contributed by atoms with Crippen LogP contribution in [0.25, 0.3) is 0 Å². The molecule has 2 heteroatoms. The molecule has 0 bridgehead atoms. The number of hydrogen-bond donors (Lipinski definition) is 0. The summed E-state index contributed by atoms with van der Waals surface area (Å²) in [5, 5.41) is 0. The van der Waals surface area contributed by atoms with Gasteiger partial charge in [0.2, 0.25) is 0 Å². The number of hydrogen-bond acceptors (Lipinski definition) is 2. The van der Waals surface area contributed by atoms with Gasteiger partial charge < -0.3 is 4.79 Å². The third kappa shape index (κ3) is 2.17. The van der Waals surface area contributed by atoms with Crippen molar-refractivity contribution in [2.45, 2.75) is 60.3 Å². The molecular weight excluding hydrogens is 236 g/mol. The molecule has 19 heavy (non-hydrogen) atoms. The molecule has 5 atom stereocenters. The maximum atomic E-state index is 12.3. The Kier molecular flexibility index (Phi) is 3.66. The molecule has 5 unspecified atom stereocenters. The van der Waals surface area contributed by atoms with Crippen LogP contribution in [0.15, 0.2) is 0 Å². The molecular formula is C17H28O2. The van der Waals surface area contributed by atoms with Crippen LogP contribution >= 0.6 is 0 Å². The first kappa shape index (κ1) is 14.7. The van der Waals surface area contributed by atoms with E-state index in [1.807, 2.05) is 6.92 Å². The second kappa shape index (κ2) is 4.71. The topological polar surface area (TPSA) is 34.1 Å². The highest BCUT2D eigenvalue weighted by Crippen LogP contribution is 2.59. The smallest absolute Gasteiger partial charge is 0.134 e. The second-order valence-electron chi connectivity index (χ2n) is 7.88. The number of ketones is 1. The standard InChI is InChI=1S/C17H28O2/c1-11-9-13-7-6-8-16(3,4)15(13)14(12(2)19)17(11,5)10-18/h10-11,13-15H,6-9H2,1-5H3. The van der Waals surface area contributed by atoms with Crippen LogP contribution in [0.2, 0.25) is 0 Å². The van der Waals surface area contributed by atoms with Crippen molar-refractivity contribution in [1.82, 2.24) is 0 Å². The highest BCUT2D eigenvalue weighted by molar-refractivity contribution is 5.84. The first-order chi connectivity index (χ1) is 8.74. The molecule has 2 aliphatic carbocycles. The Morgan fingerprint density at radius 1 is 1.26 bits per heavy atom. The van der Waals surface area contributed by atoms with E-state index in [-0.39, 0.29) is 17.1 Å². The Morgan fingerprint density at radius 2 is 1.89 bits per heavy atom. The normalized spacial score (nSPS) is 45.3. The lowest BCUT2D eigenvalue weighted by molar-refractivity contribution is -0.154. The maximum Gasteiger partial charge on any atom is 0.134 e. The van der Waals surface area contributed by atoms with Gasteiger partial charge in [-0.15, -0.1) is 0 Å². The molecule has 0 radical (unpaired) electrons. The van der Waals surface area contributed by atoms with Crippen LogP contribution in [0.1, 0.15) is 60.3 Å². The Bertz CT molecular complexity index is 385. The summed E-state index contributed by atoms with van der Waals surface area (Å²) in [6, 6.07) is 0. The quantitative estimate of drug-likeness (QED) is 0.709. The van der Waals surface area contributed by atoms with Crippen molar-refractivity contribution in [1.29, 1.82) is 0 Å². The van der Waals surface area contributed by atoms with E-state index in [2.05, 4.69) is 20.8 Å². The van der Waals surface area contributed by atoms with Gasteiger partial charge in [-0.3, -0.25) is 4.79 Å². The van der Waals surface area contributed by atoms with E-state index in [0.29, 0.717) is 17.8 Å². The van der Waals surface area contributed by atoms with Gasteiger partial charge in [0.1, 0.15) is 12.1 Å². The zero-order chi connectivity index (χ0) is 14.4. The Balaban J connectivity index is 2.48. The van der Waals surface area contributed by atoms with Gasteiger partial charge in [0.05, 0.1) is 0 Å². The summed E-state index contributed by atoms with van der Waals surface area (Å²) in [4.78, 5) is 24.0. The van der Waals surface area contributed by atoms with E-state index in [1.54, 1.807) is 6.92 Å². The predicted molar refractivity (Wildman–Crippen MR) is 76.7 cm³/mol. The monoisotopic (exact) mass is 264 g/mol. The highest BCUT2D eigenvalue weighted by Gasteiger charge is 2.57. The molecule has 0 aromatic carbocycles. The molecule has 2 rings (SSSR count). The Labute approximate surface area is 117 Å². The largest absolute Gasteiger partial charge is 0.303 e. The summed E-state index contributed by atoms with van der Waals surface area (Å²) >= 11 is 0. The minimum atomic E-state index is -0.471. The van der Waals surface area contributed by atoms with Crippen molar-refractivity contribution in [2.75, 3.05) is 0 Å². The van der Waals surface area contributed by atoms with Crippen molar-refractivity contribution in [2.24, 2.45) is 34.5 Å². The van der Waals surface area contributed by atoms with Gasteiger partial charge in [-0.25, -0.2) is 0 Å².